The highest BCUT2D eigenvalue weighted by molar-refractivity contribution is 6.02. The average Bonchev–Trinajstić information content (AvgIpc) is 2.82. The number of carbonyl (C=O) groups excluding carboxylic acids is 1. The molecule has 3 rings (SSSR count). The number of ketones is 1. The zero-order valence-electron chi connectivity index (χ0n) is 12.4. The maximum atomic E-state index is 13.7. The number of hydrogen-bond acceptors (Lipinski definition) is 4. The fourth-order valence-electron chi connectivity index (χ4n) is 2.71. The van der Waals surface area contributed by atoms with E-state index in [-0.39, 0.29) is 27.5 Å². The van der Waals surface area contributed by atoms with E-state index in [1.807, 2.05) is 0 Å². The molecule has 9 heteroatoms. The zero-order valence-corrected chi connectivity index (χ0v) is 12.4. The number of alkyl halides is 4. The van der Waals surface area contributed by atoms with Crippen molar-refractivity contribution in [3.8, 4) is 11.8 Å². The summed E-state index contributed by atoms with van der Waals surface area (Å²) in [7, 11) is 0. The summed E-state index contributed by atoms with van der Waals surface area (Å²) in [6, 6.07) is 4.78. The molecule has 1 heterocycles. The molecule has 0 N–H and O–H groups in total. The fraction of sp³-hybridized carbons (Fsp3) is 0.250. The minimum Gasteiger partial charge on any atom is -0.457 e. The maximum Gasteiger partial charge on any atom is 0.485 e. The number of ether oxygens (including phenoxy) is 1. The largest absolute Gasteiger partial charge is 0.485 e. The Morgan fingerprint density at radius 2 is 2.00 bits per heavy atom. The van der Waals surface area contributed by atoms with Crippen molar-refractivity contribution >= 4 is 5.78 Å². The predicted molar refractivity (Wildman–Crippen MR) is 74.1 cm³/mol. The third-order valence-electron chi connectivity index (χ3n) is 3.75. The lowest BCUT2D eigenvalue weighted by atomic mass is 10.1. The smallest absolute Gasteiger partial charge is 0.457 e. The van der Waals surface area contributed by atoms with Crippen molar-refractivity contribution in [2.75, 3.05) is 6.54 Å². The molecule has 0 amide bonds. The van der Waals surface area contributed by atoms with Gasteiger partial charge in [-0.3, -0.25) is 9.69 Å². The maximum absolute atomic E-state index is 13.7. The van der Waals surface area contributed by atoms with E-state index >= 15 is 0 Å². The van der Waals surface area contributed by atoms with Gasteiger partial charge in [0.2, 0.25) is 5.78 Å². The summed E-state index contributed by atoms with van der Waals surface area (Å²) >= 11 is 0. The van der Waals surface area contributed by atoms with Gasteiger partial charge in [0.15, 0.2) is 6.17 Å². The Kier molecular flexibility index (Phi) is 3.99. The van der Waals surface area contributed by atoms with E-state index in [0.29, 0.717) is 0 Å². The van der Waals surface area contributed by atoms with Crippen molar-refractivity contribution < 1.29 is 31.5 Å². The number of nitrogens with zero attached hydrogens (tertiary/aromatic N) is 2. The molecule has 1 unspecified atom stereocenters. The van der Waals surface area contributed by atoms with Crippen LogP contribution in [-0.4, -0.2) is 29.7 Å². The molecule has 4 nitrogen and oxygen atoms in total. The monoisotopic (exact) mass is 356 g/mol. The van der Waals surface area contributed by atoms with Crippen LogP contribution in [0.4, 0.5) is 22.0 Å². The highest BCUT2D eigenvalue weighted by Crippen LogP contribution is 2.41. The highest BCUT2D eigenvalue weighted by atomic mass is 19.4. The van der Waals surface area contributed by atoms with E-state index in [1.54, 1.807) is 6.07 Å². The van der Waals surface area contributed by atoms with Gasteiger partial charge in [0.05, 0.1) is 17.3 Å². The van der Waals surface area contributed by atoms with Gasteiger partial charge in [-0.1, -0.05) is 0 Å². The molecule has 0 spiro atoms. The second kappa shape index (κ2) is 5.88. The molecule has 1 aliphatic heterocycles. The first-order valence-corrected chi connectivity index (χ1v) is 7.05. The fourth-order valence-corrected chi connectivity index (χ4v) is 2.71. The summed E-state index contributed by atoms with van der Waals surface area (Å²) < 4.78 is 71.6. The van der Waals surface area contributed by atoms with Crippen molar-refractivity contribution in [1.82, 2.24) is 4.90 Å². The van der Waals surface area contributed by atoms with E-state index in [9.17, 15) is 26.7 Å². The van der Waals surface area contributed by atoms with Crippen LogP contribution in [0.15, 0.2) is 41.3 Å². The third-order valence-corrected chi connectivity index (χ3v) is 3.75. The van der Waals surface area contributed by atoms with Gasteiger partial charge in [-0.25, -0.2) is 8.78 Å². The minimum atomic E-state index is -4.85. The summed E-state index contributed by atoms with van der Waals surface area (Å²) in [5.74, 6) is -2.33. The van der Waals surface area contributed by atoms with Crippen LogP contribution in [0.25, 0.3) is 0 Å². The summed E-state index contributed by atoms with van der Waals surface area (Å²) in [6.45, 7) is -0.740. The number of Topliss-reactive ketones (excluding diaryl/α,β-unsaturated/α-hetero) is 1. The number of allylic oxidation sites excluding steroid dienone is 2. The lowest BCUT2D eigenvalue weighted by Gasteiger charge is -2.30. The van der Waals surface area contributed by atoms with Crippen molar-refractivity contribution in [1.29, 1.82) is 5.26 Å². The minimum absolute atomic E-state index is 0.0524. The van der Waals surface area contributed by atoms with E-state index in [0.717, 1.165) is 18.2 Å². The molecule has 2 aliphatic rings. The molecule has 0 radical (unpaired) electrons. The first-order chi connectivity index (χ1) is 11.7. The molecule has 130 valence electrons. The predicted octanol–water partition coefficient (Wildman–Crippen LogP) is 3.36. The second-order valence-electron chi connectivity index (χ2n) is 5.40. The molecular weight excluding hydrogens is 347 g/mol. The quantitative estimate of drug-likeness (QED) is 0.602. The van der Waals surface area contributed by atoms with E-state index < -0.39 is 42.7 Å². The van der Waals surface area contributed by atoms with Crippen LogP contribution < -0.4 is 4.74 Å². The first kappa shape index (κ1) is 17.0. The molecule has 1 aliphatic carbocycles. The Balaban J connectivity index is 1.98. The normalized spacial score (nSPS) is 20.3. The van der Waals surface area contributed by atoms with Crippen LogP contribution in [-0.2, 0) is 4.79 Å². The lowest BCUT2D eigenvalue weighted by molar-refractivity contribution is -0.230. The van der Waals surface area contributed by atoms with Crippen molar-refractivity contribution in [3.63, 3.8) is 0 Å². The van der Waals surface area contributed by atoms with E-state index in [4.69, 9.17) is 10.00 Å². The topological polar surface area (TPSA) is 53.3 Å². The molecule has 1 aromatic rings. The van der Waals surface area contributed by atoms with E-state index in [2.05, 4.69) is 0 Å². The van der Waals surface area contributed by atoms with Gasteiger partial charge < -0.3 is 4.74 Å². The SMILES string of the molecule is N#Cc1cc(F)cc(OC2=CCN(C(F)(F)F)C3=C2CC(F)C3=O)c1. The van der Waals surface area contributed by atoms with Crippen LogP contribution in [0.5, 0.6) is 5.75 Å². The van der Waals surface area contributed by atoms with Crippen LogP contribution >= 0.6 is 0 Å². The molecular formula is C16H9F5N2O2. The van der Waals surface area contributed by atoms with Gasteiger partial charge in [-0.05, 0) is 18.2 Å². The van der Waals surface area contributed by atoms with Crippen LogP contribution in [0, 0.1) is 17.1 Å². The molecule has 0 bridgehead atoms. The molecule has 1 aromatic carbocycles. The Bertz CT molecular complexity index is 851. The number of hydrogen-bond donors (Lipinski definition) is 0. The number of rotatable bonds is 2. The highest BCUT2D eigenvalue weighted by Gasteiger charge is 2.49. The summed E-state index contributed by atoms with van der Waals surface area (Å²) in [5.41, 5.74) is -1.08. The Labute approximate surface area is 138 Å². The van der Waals surface area contributed by atoms with Gasteiger partial charge in [-0.15, -0.1) is 0 Å². The van der Waals surface area contributed by atoms with Crippen LogP contribution in [0.3, 0.4) is 0 Å². The van der Waals surface area contributed by atoms with Crippen molar-refractivity contribution in [2.45, 2.75) is 18.9 Å². The Morgan fingerprint density at radius 1 is 1.28 bits per heavy atom. The van der Waals surface area contributed by atoms with Gasteiger partial charge in [0.25, 0.3) is 0 Å². The third kappa shape index (κ3) is 3.07. The summed E-state index contributed by atoms with van der Waals surface area (Å²) in [5, 5.41) is 8.81. The van der Waals surface area contributed by atoms with Crippen LogP contribution in [0.2, 0.25) is 0 Å². The molecule has 0 fully saturated rings. The van der Waals surface area contributed by atoms with Gasteiger partial charge >= 0.3 is 6.30 Å². The first-order valence-electron chi connectivity index (χ1n) is 7.05. The Morgan fingerprint density at radius 3 is 2.64 bits per heavy atom. The summed E-state index contributed by atoms with van der Waals surface area (Å²) in [6.07, 6.45) is -6.47. The second-order valence-corrected chi connectivity index (χ2v) is 5.40. The molecule has 25 heavy (non-hydrogen) atoms. The standard InChI is InChI=1S/C16H9F5N2O2/c17-9-3-8(7-22)4-10(5-9)25-13-1-2-23(16(19,20)21)14-11(13)6-12(18)15(14)24/h1,3-5,12H,2,6H2. The number of carbonyl (C=O) groups is 1. The molecule has 0 saturated carbocycles. The zero-order chi connectivity index (χ0) is 18.4. The number of benzene rings is 1. The van der Waals surface area contributed by atoms with Crippen molar-refractivity contribution in [3.05, 3.63) is 52.7 Å². The average molecular weight is 356 g/mol. The number of nitriles is 1. The van der Waals surface area contributed by atoms with Gasteiger partial charge in [-0.2, -0.15) is 18.4 Å². The van der Waals surface area contributed by atoms with Crippen molar-refractivity contribution in [2.24, 2.45) is 0 Å². The summed E-state index contributed by atoms with van der Waals surface area (Å²) in [4.78, 5) is 11.6. The van der Waals surface area contributed by atoms with Gasteiger partial charge in [0.1, 0.15) is 17.3 Å². The molecule has 0 aromatic heterocycles. The van der Waals surface area contributed by atoms with Crippen LogP contribution in [0.1, 0.15) is 12.0 Å². The number of halogens is 5. The molecule has 0 saturated heterocycles. The van der Waals surface area contributed by atoms with Gasteiger partial charge in [0, 0.05) is 24.6 Å². The Hall–Kier alpha value is -2.89. The lowest BCUT2D eigenvalue weighted by Crippen LogP contribution is -2.42. The molecule has 1 atom stereocenters. The van der Waals surface area contributed by atoms with E-state index in [1.165, 1.54) is 6.07 Å².